The van der Waals surface area contributed by atoms with Crippen LogP contribution >= 0.6 is 0 Å². The van der Waals surface area contributed by atoms with E-state index < -0.39 is 5.97 Å². The largest absolute Gasteiger partial charge is 0.481 e. The Morgan fingerprint density at radius 1 is 1.39 bits per heavy atom. The summed E-state index contributed by atoms with van der Waals surface area (Å²) in [5, 5.41) is 11.7. The Morgan fingerprint density at radius 2 is 2.00 bits per heavy atom. The molecule has 18 heavy (non-hydrogen) atoms. The van der Waals surface area contributed by atoms with E-state index in [1.165, 1.54) is 0 Å². The van der Waals surface area contributed by atoms with Crippen molar-refractivity contribution in [3.63, 3.8) is 0 Å². The first-order valence-corrected chi connectivity index (χ1v) is 6.63. The van der Waals surface area contributed by atoms with Crippen LogP contribution in [0.1, 0.15) is 39.5 Å². The van der Waals surface area contributed by atoms with Crippen molar-refractivity contribution >= 4 is 12.0 Å². The van der Waals surface area contributed by atoms with Gasteiger partial charge in [0.2, 0.25) is 0 Å². The van der Waals surface area contributed by atoms with E-state index in [0.717, 1.165) is 19.3 Å². The lowest BCUT2D eigenvalue weighted by atomic mass is 10.1. The van der Waals surface area contributed by atoms with Gasteiger partial charge in [-0.1, -0.05) is 13.8 Å². The van der Waals surface area contributed by atoms with Crippen molar-refractivity contribution in [2.24, 2.45) is 11.8 Å². The molecule has 5 heteroatoms. The zero-order valence-electron chi connectivity index (χ0n) is 11.5. The molecule has 0 saturated heterocycles. The highest BCUT2D eigenvalue weighted by Gasteiger charge is 2.34. The van der Waals surface area contributed by atoms with Gasteiger partial charge in [-0.15, -0.1) is 0 Å². The molecule has 2 amide bonds. The molecule has 0 aliphatic heterocycles. The SMILES string of the molecule is CC(C)CCN(C)C(=O)NC(CC(=O)O)C1CC1. The molecular formula is C13H24N2O3. The fourth-order valence-electron chi connectivity index (χ4n) is 1.84. The second kappa shape index (κ2) is 6.61. The molecule has 0 aromatic heterocycles. The Bertz CT molecular complexity index is 301. The monoisotopic (exact) mass is 256 g/mol. The quantitative estimate of drug-likeness (QED) is 0.731. The van der Waals surface area contributed by atoms with E-state index in [0.29, 0.717) is 18.4 Å². The van der Waals surface area contributed by atoms with E-state index in [2.05, 4.69) is 19.2 Å². The van der Waals surface area contributed by atoms with E-state index in [1.54, 1.807) is 11.9 Å². The van der Waals surface area contributed by atoms with Crippen LogP contribution in [0.5, 0.6) is 0 Å². The average molecular weight is 256 g/mol. The highest BCUT2D eigenvalue weighted by molar-refractivity contribution is 5.75. The third-order valence-electron chi connectivity index (χ3n) is 3.28. The van der Waals surface area contributed by atoms with Crippen molar-refractivity contribution in [2.45, 2.75) is 45.6 Å². The Morgan fingerprint density at radius 3 is 2.44 bits per heavy atom. The summed E-state index contributed by atoms with van der Waals surface area (Å²) in [4.78, 5) is 24.3. The summed E-state index contributed by atoms with van der Waals surface area (Å²) in [5.74, 6) is 0.0547. The van der Waals surface area contributed by atoms with Gasteiger partial charge in [0.15, 0.2) is 0 Å². The third kappa shape index (κ3) is 5.38. The topological polar surface area (TPSA) is 69.6 Å². The van der Waals surface area contributed by atoms with Gasteiger partial charge >= 0.3 is 12.0 Å². The maximum absolute atomic E-state index is 11.9. The molecule has 0 heterocycles. The molecule has 0 radical (unpaired) electrons. The van der Waals surface area contributed by atoms with Gasteiger partial charge < -0.3 is 15.3 Å². The van der Waals surface area contributed by atoms with Gasteiger partial charge in [-0.05, 0) is 31.1 Å². The summed E-state index contributed by atoms with van der Waals surface area (Å²) >= 11 is 0. The number of nitrogens with zero attached hydrogens (tertiary/aromatic N) is 1. The minimum Gasteiger partial charge on any atom is -0.481 e. The molecule has 2 N–H and O–H groups in total. The van der Waals surface area contributed by atoms with Crippen LogP contribution in [0.3, 0.4) is 0 Å². The van der Waals surface area contributed by atoms with Crippen LogP contribution in [-0.2, 0) is 4.79 Å². The molecule has 1 atom stereocenters. The molecule has 1 fully saturated rings. The fraction of sp³-hybridized carbons (Fsp3) is 0.846. The third-order valence-corrected chi connectivity index (χ3v) is 3.28. The molecule has 1 aliphatic rings. The number of hydrogen-bond acceptors (Lipinski definition) is 2. The van der Waals surface area contributed by atoms with Crippen LogP contribution < -0.4 is 5.32 Å². The van der Waals surface area contributed by atoms with E-state index in [4.69, 9.17) is 5.11 Å². The van der Waals surface area contributed by atoms with Gasteiger partial charge in [0, 0.05) is 19.6 Å². The van der Waals surface area contributed by atoms with Crippen molar-refractivity contribution in [1.29, 1.82) is 0 Å². The molecule has 0 aromatic carbocycles. The molecule has 1 unspecified atom stereocenters. The van der Waals surface area contributed by atoms with Crippen molar-refractivity contribution in [3.8, 4) is 0 Å². The lowest BCUT2D eigenvalue weighted by molar-refractivity contribution is -0.137. The van der Waals surface area contributed by atoms with Crippen molar-refractivity contribution in [1.82, 2.24) is 10.2 Å². The minimum atomic E-state index is -0.850. The van der Waals surface area contributed by atoms with E-state index in [-0.39, 0.29) is 18.5 Å². The Labute approximate surface area is 109 Å². The molecule has 104 valence electrons. The van der Waals surface area contributed by atoms with E-state index in [1.807, 2.05) is 0 Å². The van der Waals surface area contributed by atoms with Gasteiger partial charge in [0.05, 0.1) is 6.42 Å². The molecule has 0 spiro atoms. The molecule has 5 nitrogen and oxygen atoms in total. The maximum atomic E-state index is 11.9. The summed E-state index contributed by atoms with van der Waals surface area (Å²) in [6.07, 6.45) is 3.02. The molecular weight excluding hydrogens is 232 g/mol. The Kier molecular flexibility index (Phi) is 5.44. The molecule has 1 aliphatic carbocycles. The summed E-state index contributed by atoms with van der Waals surface area (Å²) in [7, 11) is 1.75. The van der Waals surface area contributed by atoms with Crippen LogP contribution in [-0.4, -0.2) is 41.6 Å². The van der Waals surface area contributed by atoms with Crippen molar-refractivity contribution in [3.05, 3.63) is 0 Å². The second-order valence-corrected chi connectivity index (χ2v) is 5.60. The lowest BCUT2D eigenvalue weighted by Crippen LogP contribution is -2.45. The first kappa shape index (κ1) is 14.8. The van der Waals surface area contributed by atoms with Crippen LogP contribution in [0, 0.1) is 11.8 Å². The first-order chi connectivity index (χ1) is 8.40. The standard InChI is InChI=1S/C13H24N2O3/c1-9(2)6-7-15(3)13(18)14-11(8-12(16)17)10-4-5-10/h9-11H,4-8H2,1-3H3,(H,14,18)(H,16,17). The van der Waals surface area contributed by atoms with Crippen LogP contribution in [0.25, 0.3) is 0 Å². The smallest absolute Gasteiger partial charge is 0.317 e. The van der Waals surface area contributed by atoms with Crippen LogP contribution in [0.2, 0.25) is 0 Å². The number of carboxylic acid groups (broad SMARTS) is 1. The number of rotatable bonds is 7. The molecule has 1 saturated carbocycles. The van der Waals surface area contributed by atoms with Crippen LogP contribution in [0.4, 0.5) is 4.79 Å². The average Bonchev–Trinajstić information content (AvgIpc) is 3.07. The number of hydrogen-bond donors (Lipinski definition) is 2. The number of aliphatic carboxylic acids is 1. The summed E-state index contributed by atoms with van der Waals surface area (Å²) in [5.41, 5.74) is 0. The molecule has 0 bridgehead atoms. The number of carbonyl (C=O) groups is 2. The molecule has 1 rings (SSSR count). The van der Waals surface area contributed by atoms with Gasteiger partial charge in [-0.2, -0.15) is 0 Å². The van der Waals surface area contributed by atoms with E-state index >= 15 is 0 Å². The van der Waals surface area contributed by atoms with Gasteiger partial charge in [0.1, 0.15) is 0 Å². The fourth-order valence-corrected chi connectivity index (χ4v) is 1.84. The van der Waals surface area contributed by atoms with E-state index in [9.17, 15) is 9.59 Å². The number of carboxylic acids is 1. The minimum absolute atomic E-state index is 0.0222. The highest BCUT2D eigenvalue weighted by Crippen LogP contribution is 2.34. The first-order valence-electron chi connectivity index (χ1n) is 6.63. The van der Waals surface area contributed by atoms with Crippen molar-refractivity contribution in [2.75, 3.05) is 13.6 Å². The summed E-state index contributed by atoms with van der Waals surface area (Å²) < 4.78 is 0. The zero-order valence-corrected chi connectivity index (χ0v) is 11.5. The van der Waals surface area contributed by atoms with Gasteiger partial charge in [0.25, 0.3) is 0 Å². The zero-order chi connectivity index (χ0) is 13.7. The van der Waals surface area contributed by atoms with Gasteiger partial charge in [-0.25, -0.2) is 4.79 Å². The summed E-state index contributed by atoms with van der Waals surface area (Å²) in [6.45, 7) is 4.93. The highest BCUT2D eigenvalue weighted by atomic mass is 16.4. The Balaban J connectivity index is 2.37. The lowest BCUT2D eigenvalue weighted by Gasteiger charge is -2.23. The van der Waals surface area contributed by atoms with Gasteiger partial charge in [-0.3, -0.25) is 4.79 Å². The second-order valence-electron chi connectivity index (χ2n) is 5.60. The maximum Gasteiger partial charge on any atom is 0.317 e. The summed E-state index contributed by atoms with van der Waals surface area (Å²) in [6, 6.07) is -0.370. The number of urea groups is 1. The Hall–Kier alpha value is -1.26. The normalized spacial score (nSPS) is 16.4. The molecule has 0 aromatic rings. The number of carbonyl (C=O) groups excluding carboxylic acids is 1. The predicted octanol–water partition coefficient (Wildman–Crippen LogP) is 1.93. The van der Waals surface area contributed by atoms with Crippen LogP contribution in [0.15, 0.2) is 0 Å². The number of nitrogens with one attached hydrogen (secondary N) is 1. The van der Waals surface area contributed by atoms with Crippen molar-refractivity contribution < 1.29 is 14.7 Å². The predicted molar refractivity (Wildman–Crippen MR) is 69.4 cm³/mol. The number of amides is 2.